The molecule has 0 radical (unpaired) electrons. The van der Waals surface area contributed by atoms with Crippen molar-refractivity contribution in [2.24, 2.45) is 0 Å². The highest BCUT2D eigenvalue weighted by Gasteiger charge is 2.21. The van der Waals surface area contributed by atoms with Gasteiger partial charge in [-0.05, 0) is 25.0 Å². The number of amides is 1. The molecule has 0 aromatic heterocycles. The molecule has 1 saturated heterocycles. The number of nitrogens with zero attached hydrogens (tertiary/aromatic N) is 1. The minimum atomic E-state index is 0.0388. The molecule has 0 aliphatic carbocycles. The summed E-state index contributed by atoms with van der Waals surface area (Å²) in [6.07, 6.45) is 1.88. The van der Waals surface area contributed by atoms with Crippen molar-refractivity contribution >= 4 is 27.5 Å². The van der Waals surface area contributed by atoms with Gasteiger partial charge in [-0.15, -0.1) is 0 Å². The zero-order valence-corrected chi connectivity index (χ0v) is 12.6. The van der Waals surface area contributed by atoms with Crippen molar-refractivity contribution in [3.8, 4) is 0 Å². The highest BCUT2D eigenvalue weighted by atomic mass is 79.9. The lowest BCUT2D eigenvalue weighted by atomic mass is 10.0. The van der Waals surface area contributed by atoms with E-state index in [9.17, 15) is 9.90 Å². The second kappa shape index (κ2) is 6.39. The van der Waals surface area contributed by atoms with E-state index in [2.05, 4.69) is 26.1 Å². The molecule has 2 N–H and O–H groups in total. The molecule has 4 nitrogen and oxygen atoms in total. The Morgan fingerprint density at radius 2 is 2.16 bits per heavy atom. The van der Waals surface area contributed by atoms with Gasteiger partial charge >= 0.3 is 0 Å². The third-order valence-corrected chi connectivity index (χ3v) is 3.95. The quantitative estimate of drug-likeness (QED) is 0.893. The zero-order valence-electron chi connectivity index (χ0n) is 11.0. The Labute approximate surface area is 121 Å². The Kier molecular flexibility index (Phi) is 4.82. The Morgan fingerprint density at radius 1 is 1.47 bits per heavy atom. The van der Waals surface area contributed by atoms with Crippen LogP contribution in [0.15, 0.2) is 22.7 Å². The number of rotatable bonds is 3. The molecular weight excluding hydrogens is 308 g/mol. The average molecular weight is 327 g/mol. The van der Waals surface area contributed by atoms with E-state index in [1.807, 2.05) is 18.2 Å². The molecule has 1 amide bonds. The summed E-state index contributed by atoms with van der Waals surface area (Å²) < 4.78 is 1.02. The molecule has 1 aromatic carbocycles. The van der Waals surface area contributed by atoms with Crippen LogP contribution in [0.4, 0.5) is 5.69 Å². The maximum Gasteiger partial charge on any atom is 0.217 e. The van der Waals surface area contributed by atoms with E-state index in [-0.39, 0.29) is 18.6 Å². The van der Waals surface area contributed by atoms with Gasteiger partial charge in [-0.2, -0.15) is 0 Å². The molecule has 104 valence electrons. The number of aliphatic hydroxyl groups excluding tert-OH is 1. The number of halogens is 1. The first-order valence-corrected chi connectivity index (χ1v) is 7.31. The van der Waals surface area contributed by atoms with E-state index in [0.717, 1.165) is 41.7 Å². The molecule has 1 heterocycles. The van der Waals surface area contributed by atoms with Crippen molar-refractivity contribution in [2.45, 2.75) is 32.4 Å². The summed E-state index contributed by atoms with van der Waals surface area (Å²) in [7, 11) is 0. The number of nitrogens with one attached hydrogen (secondary N) is 1. The van der Waals surface area contributed by atoms with Crippen LogP contribution < -0.4 is 10.2 Å². The third-order valence-electron chi connectivity index (χ3n) is 3.46. The third kappa shape index (κ3) is 3.70. The van der Waals surface area contributed by atoms with Gasteiger partial charge in [0.1, 0.15) is 0 Å². The van der Waals surface area contributed by atoms with Gasteiger partial charge < -0.3 is 15.3 Å². The second-order valence-corrected chi connectivity index (χ2v) is 5.81. The normalized spacial score (nSPS) is 16.5. The fourth-order valence-electron chi connectivity index (χ4n) is 2.52. The first kappa shape index (κ1) is 14.3. The topological polar surface area (TPSA) is 52.6 Å². The van der Waals surface area contributed by atoms with Crippen LogP contribution in [0, 0.1) is 0 Å². The minimum Gasteiger partial charge on any atom is -0.392 e. The first-order valence-electron chi connectivity index (χ1n) is 6.51. The summed E-state index contributed by atoms with van der Waals surface area (Å²) in [6.45, 7) is 3.40. The van der Waals surface area contributed by atoms with Gasteiger partial charge in [0, 0.05) is 41.8 Å². The van der Waals surface area contributed by atoms with Crippen molar-refractivity contribution in [3.63, 3.8) is 0 Å². The Bertz CT molecular complexity index is 457. The zero-order chi connectivity index (χ0) is 13.8. The largest absolute Gasteiger partial charge is 0.392 e. The summed E-state index contributed by atoms with van der Waals surface area (Å²) >= 11 is 3.47. The summed E-state index contributed by atoms with van der Waals surface area (Å²) in [5, 5.41) is 12.4. The molecule has 0 unspecified atom stereocenters. The van der Waals surface area contributed by atoms with Crippen LogP contribution in [-0.2, 0) is 11.4 Å². The monoisotopic (exact) mass is 326 g/mol. The lowest BCUT2D eigenvalue weighted by molar-refractivity contribution is -0.119. The van der Waals surface area contributed by atoms with Crippen LogP contribution in [0.2, 0.25) is 0 Å². The average Bonchev–Trinajstić information content (AvgIpc) is 2.39. The number of hydrogen-bond acceptors (Lipinski definition) is 3. The first-order chi connectivity index (χ1) is 9.10. The SMILES string of the molecule is CC(=O)NC1CCN(c2cc(Br)ccc2CO)CC1. The fraction of sp³-hybridized carbons (Fsp3) is 0.500. The smallest absolute Gasteiger partial charge is 0.217 e. The number of carbonyl (C=O) groups excluding carboxylic acids is 1. The number of piperidine rings is 1. The van der Waals surface area contributed by atoms with Crippen LogP contribution in [-0.4, -0.2) is 30.1 Å². The predicted octanol–water partition coefficient (Wildman–Crippen LogP) is 2.05. The lowest BCUT2D eigenvalue weighted by Crippen LogP contribution is -2.44. The van der Waals surface area contributed by atoms with Crippen LogP contribution in [0.5, 0.6) is 0 Å². The molecule has 2 rings (SSSR count). The summed E-state index contributed by atoms with van der Waals surface area (Å²) in [6, 6.07) is 6.21. The molecule has 0 bridgehead atoms. The number of carbonyl (C=O) groups is 1. The van der Waals surface area contributed by atoms with Gasteiger partial charge in [0.15, 0.2) is 0 Å². The fourth-order valence-corrected chi connectivity index (χ4v) is 2.87. The van der Waals surface area contributed by atoms with Crippen molar-refractivity contribution in [3.05, 3.63) is 28.2 Å². The number of hydrogen-bond donors (Lipinski definition) is 2. The number of aliphatic hydroxyl groups is 1. The number of benzene rings is 1. The molecule has 0 atom stereocenters. The van der Waals surface area contributed by atoms with Gasteiger partial charge in [0.05, 0.1) is 6.61 Å². The van der Waals surface area contributed by atoms with Gasteiger partial charge in [0.2, 0.25) is 5.91 Å². The standard InChI is InChI=1S/C14H19BrN2O2/c1-10(19)16-13-4-6-17(7-5-13)14-8-12(15)3-2-11(14)9-18/h2-3,8,13,18H,4-7,9H2,1H3,(H,16,19). The molecule has 0 spiro atoms. The van der Waals surface area contributed by atoms with Crippen LogP contribution in [0.1, 0.15) is 25.3 Å². The lowest BCUT2D eigenvalue weighted by Gasteiger charge is -2.35. The van der Waals surface area contributed by atoms with Crippen molar-refractivity contribution in [1.82, 2.24) is 5.32 Å². The van der Waals surface area contributed by atoms with Gasteiger partial charge in [-0.3, -0.25) is 4.79 Å². The van der Waals surface area contributed by atoms with Crippen molar-refractivity contribution < 1.29 is 9.90 Å². The van der Waals surface area contributed by atoms with Crippen LogP contribution in [0.25, 0.3) is 0 Å². The molecule has 1 aromatic rings. The van der Waals surface area contributed by atoms with E-state index in [1.54, 1.807) is 6.92 Å². The molecule has 1 fully saturated rings. The van der Waals surface area contributed by atoms with E-state index in [0.29, 0.717) is 0 Å². The van der Waals surface area contributed by atoms with E-state index < -0.39 is 0 Å². The van der Waals surface area contributed by atoms with Crippen molar-refractivity contribution in [1.29, 1.82) is 0 Å². The summed E-state index contributed by atoms with van der Waals surface area (Å²) in [4.78, 5) is 13.3. The van der Waals surface area contributed by atoms with Gasteiger partial charge in [-0.1, -0.05) is 22.0 Å². The molecule has 5 heteroatoms. The molecule has 1 aliphatic heterocycles. The van der Waals surface area contributed by atoms with Gasteiger partial charge in [-0.25, -0.2) is 0 Å². The predicted molar refractivity (Wildman–Crippen MR) is 79.1 cm³/mol. The minimum absolute atomic E-state index is 0.0388. The highest BCUT2D eigenvalue weighted by Crippen LogP contribution is 2.27. The Balaban J connectivity index is 2.05. The number of anilines is 1. The molecule has 0 saturated carbocycles. The molecule has 1 aliphatic rings. The molecular formula is C14H19BrN2O2. The molecule has 19 heavy (non-hydrogen) atoms. The summed E-state index contributed by atoms with van der Waals surface area (Å²) in [5.41, 5.74) is 2.03. The Morgan fingerprint density at radius 3 is 2.74 bits per heavy atom. The van der Waals surface area contributed by atoms with Crippen LogP contribution in [0.3, 0.4) is 0 Å². The van der Waals surface area contributed by atoms with Crippen molar-refractivity contribution in [2.75, 3.05) is 18.0 Å². The second-order valence-electron chi connectivity index (χ2n) is 4.89. The van der Waals surface area contributed by atoms with E-state index in [1.165, 1.54) is 0 Å². The highest BCUT2D eigenvalue weighted by molar-refractivity contribution is 9.10. The van der Waals surface area contributed by atoms with E-state index in [4.69, 9.17) is 0 Å². The summed E-state index contributed by atoms with van der Waals surface area (Å²) in [5.74, 6) is 0.0388. The maximum absolute atomic E-state index is 11.0. The van der Waals surface area contributed by atoms with Gasteiger partial charge in [0.25, 0.3) is 0 Å². The van der Waals surface area contributed by atoms with E-state index >= 15 is 0 Å². The van der Waals surface area contributed by atoms with Crippen LogP contribution >= 0.6 is 15.9 Å². The maximum atomic E-state index is 11.0. The Hall–Kier alpha value is -1.07.